The Kier molecular flexibility index (Phi) is 2.01. The zero-order valence-corrected chi connectivity index (χ0v) is 5.89. The average molecular weight is 163 g/mol. The predicted molar refractivity (Wildman–Crippen MR) is 33.6 cm³/mol. The zero-order chi connectivity index (χ0) is 7.56. The van der Waals surface area contributed by atoms with Crippen molar-refractivity contribution in [1.82, 2.24) is 9.97 Å². The third kappa shape index (κ3) is 1.33. The van der Waals surface area contributed by atoms with Crippen LogP contribution in [0.25, 0.3) is 0 Å². The molecule has 1 heterocycles. The summed E-state index contributed by atoms with van der Waals surface area (Å²) in [6.45, 7) is 0. The molecule has 0 saturated carbocycles. The Morgan fingerprint density at radius 3 is 2.90 bits per heavy atom. The van der Waals surface area contributed by atoms with Gasteiger partial charge in [-0.3, -0.25) is 0 Å². The number of ether oxygens (including phenoxy) is 1. The summed E-state index contributed by atoms with van der Waals surface area (Å²) < 4.78 is 17.0. The van der Waals surface area contributed by atoms with Crippen LogP contribution >= 0.6 is 11.6 Å². The maximum absolute atomic E-state index is 12.5. The molecule has 0 unspecified atom stereocenters. The lowest BCUT2D eigenvalue weighted by molar-refractivity contribution is 0.360. The molecular weight excluding hydrogens is 159 g/mol. The van der Waals surface area contributed by atoms with E-state index in [1.165, 1.54) is 13.3 Å². The Hall–Kier alpha value is -0.900. The third-order valence-electron chi connectivity index (χ3n) is 0.863. The van der Waals surface area contributed by atoms with Crippen molar-refractivity contribution in [1.29, 1.82) is 0 Å². The Balaban J connectivity index is 3.07. The van der Waals surface area contributed by atoms with Crippen LogP contribution in [0.5, 0.6) is 5.88 Å². The normalized spacial score (nSPS) is 9.50. The molecule has 0 atom stereocenters. The molecule has 10 heavy (non-hydrogen) atoms. The quantitative estimate of drug-likeness (QED) is 0.624. The fraction of sp³-hybridized carbons (Fsp3) is 0.200. The zero-order valence-electron chi connectivity index (χ0n) is 5.14. The van der Waals surface area contributed by atoms with Gasteiger partial charge in [-0.25, -0.2) is 9.97 Å². The SMILES string of the molecule is COc1ncc(Cl)nc1F. The smallest absolute Gasteiger partial charge is 0.277 e. The van der Waals surface area contributed by atoms with Crippen LogP contribution in [0.2, 0.25) is 5.15 Å². The van der Waals surface area contributed by atoms with Gasteiger partial charge in [0.1, 0.15) is 0 Å². The van der Waals surface area contributed by atoms with E-state index < -0.39 is 5.95 Å². The van der Waals surface area contributed by atoms with Gasteiger partial charge in [0.05, 0.1) is 13.3 Å². The van der Waals surface area contributed by atoms with E-state index in [9.17, 15) is 4.39 Å². The molecule has 0 N–H and O–H groups in total. The summed E-state index contributed by atoms with van der Waals surface area (Å²) in [5, 5.41) is 0.0123. The summed E-state index contributed by atoms with van der Waals surface area (Å²) in [7, 11) is 1.31. The maximum Gasteiger partial charge on any atom is 0.277 e. The van der Waals surface area contributed by atoms with Gasteiger partial charge in [0, 0.05) is 0 Å². The Labute approximate surface area is 61.8 Å². The number of nitrogens with zero attached hydrogens (tertiary/aromatic N) is 2. The molecule has 0 amide bonds. The summed E-state index contributed by atoms with van der Waals surface area (Å²) in [5.74, 6) is -0.945. The molecule has 0 spiro atoms. The van der Waals surface area contributed by atoms with Gasteiger partial charge >= 0.3 is 0 Å². The minimum atomic E-state index is -0.796. The fourth-order valence-electron chi connectivity index (χ4n) is 0.473. The first-order chi connectivity index (χ1) is 4.74. The van der Waals surface area contributed by atoms with Crippen molar-refractivity contribution in [3.05, 3.63) is 17.3 Å². The van der Waals surface area contributed by atoms with Gasteiger partial charge in [-0.15, -0.1) is 0 Å². The summed E-state index contributed by atoms with van der Waals surface area (Å²) >= 11 is 5.30. The topological polar surface area (TPSA) is 35.0 Å². The third-order valence-corrected chi connectivity index (χ3v) is 1.05. The van der Waals surface area contributed by atoms with Gasteiger partial charge in [0.15, 0.2) is 5.15 Å². The highest BCUT2D eigenvalue weighted by Gasteiger charge is 2.04. The number of halogens is 2. The highest BCUT2D eigenvalue weighted by Crippen LogP contribution is 2.11. The van der Waals surface area contributed by atoms with Crippen LogP contribution < -0.4 is 4.74 Å². The van der Waals surface area contributed by atoms with E-state index in [2.05, 4.69) is 14.7 Å². The van der Waals surface area contributed by atoms with Crippen LogP contribution in [0.15, 0.2) is 6.20 Å². The number of hydrogen-bond donors (Lipinski definition) is 0. The molecule has 0 aromatic carbocycles. The Morgan fingerprint density at radius 1 is 1.70 bits per heavy atom. The Bertz CT molecular complexity index is 243. The van der Waals surface area contributed by atoms with Crippen LogP contribution in [-0.2, 0) is 0 Å². The molecule has 0 bridgehead atoms. The average Bonchev–Trinajstić information content (AvgIpc) is 1.88. The van der Waals surface area contributed by atoms with Crippen LogP contribution in [0.4, 0.5) is 4.39 Å². The second kappa shape index (κ2) is 2.79. The highest BCUT2D eigenvalue weighted by atomic mass is 35.5. The van der Waals surface area contributed by atoms with Gasteiger partial charge in [0.2, 0.25) is 0 Å². The first-order valence-corrected chi connectivity index (χ1v) is 2.84. The Morgan fingerprint density at radius 2 is 2.40 bits per heavy atom. The number of rotatable bonds is 1. The van der Waals surface area contributed by atoms with E-state index >= 15 is 0 Å². The van der Waals surface area contributed by atoms with Crippen molar-refractivity contribution < 1.29 is 9.13 Å². The standard InChI is InChI=1S/C5H4ClFN2O/c1-10-5-4(7)9-3(6)2-8-5/h2H,1H3. The maximum atomic E-state index is 12.5. The van der Waals surface area contributed by atoms with Gasteiger partial charge in [0.25, 0.3) is 11.8 Å². The summed E-state index contributed by atoms with van der Waals surface area (Å²) in [6.07, 6.45) is 1.21. The minimum absolute atomic E-state index is 0.0123. The fourth-order valence-corrected chi connectivity index (χ4v) is 0.596. The first-order valence-electron chi connectivity index (χ1n) is 2.46. The molecule has 1 aromatic heterocycles. The molecular formula is C5H4ClFN2O. The molecule has 0 aliphatic heterocycles. The minimum Gasteiger partial charge on any atom is -0.478 e. The second-order valence-electron chi connectivity index (χ2n) is 1.49. The van der Waals surface area contributed by atoms with Crippen molar-refractivity contribution in [2.45, 2.75) is 0 Å². The summed E-state index contributed by atoms with van der Waals surface area (Å²) in [6, 6.07) is 0. The van der Waals surface area contributed by atoms with E-state index in [-0.39, 0.29) is 11.0 Å². The van der Waals surface area contributed by atoms with Gasteiger partial charge in [-0.1, -0.05) is 11.6 Å². The van der Waals surface area contributed by atoms with Crippen LogP contribution in [0.3, 0.4) is 0 Å². The van der Waals surface area contributed by atoms with E-state index in [4.69, 9.17) is 11.6 Å². The molecule has 54 valence electrons. The van der Waals surface area contributed by atoms with E-state index in [0.717, 1.165) is 0 Å². The lowest BCUT2D eigenvalue weighted by Crippen LogP contribution is -1.94. The second-order valence-corrected chi connectivity index (χ2v) is 1.88. The molecule has 0 aliphatic carbocycles. The van der Waals surface area contributed by atoms with E-state index in [1.54, 1.807) is 0 Å². The highest BCUT2D eigenvalue weighted by molar-refractivity contribution is 6.29. The first kappa shape index (κ1) is 7.21. The predicted octanol–water partition coefficient (Wildman–Crippen LogP) is 1.28. The van der Waals surface area contributed by atoms with Crippen molar-refractivity contribution in [2.24, 2.45) is 0 Å². The summed E-state index contributed by atoms with van der Waals surface area (Å²) in [5.41, 5.74) is 0. The lowest BCUT2D eigenvalue weighted by atomic mass is 10.7. The molecule has 1 aromatic rings. The molecule has 5 heteroatoms. The monoisotopic (exact) mass is 162 g/mol. The van der Waals surface area contributed by atoms with E-state index in [0.29, 0.717) is 0 Å². The largest absolute Gasteiger partial charge is 0.478 e. The van der Waals surface area contributed by atoms with Crippen LogP contribution in [0.1, 0.15) is 0 Å². The van der Waals surface area contributed by atoms with Crippen LogP contribution in [0, 0.1) is 5.95 Å². The molecule has 3 nitrogen and oxygen atoms in total. The van der Waals surface area contributed by atoms with Gasteiger partial charge in [-0.05, 0) is 0 Å². The molecule has 0 fully saturated rings. The lowest BCUT2D eigenvalue weighted by Gasteiger charge is -1.96. The molecule has 1 rings (SSSR count). The molecule has 0 aliphatic rings. The molecule has 0 saturated heterocycles. The van der Waals surface area contributed by atoms with Crippen molar-refractivity contribution >= 4 is 11.6 Å². The summed E-state index contributed by atoms with van der Waals surface area (Å²) in [4.78, 5) is 6.76. The molecule has 0 radical (unpaired) electrons. The number of methoxy groups -OCH3 is 1. The van der Waals surface area contributed by atoms with Gasteiger partial charge < -0.3 is 4.74 Å². The van der Waals surface area contributed by atoms with E-state index in [1.807, 2.05) is 0 Å². The van der Waals surface area contributed by atoms with Gasteiger partial charge in [-0.2, -0.15) is 4.39 Å². The van der Waals surface area contributed by atoms with Crippen LogP contribution in [-0.4, -0.2) is 17.1 Å². The van der Waals surface area contributed by atoms with Crippen molar-refractivity contribution in [3.8, 4) is 5.88 Å². The number of aromatic nitrogens is 2. The van der Waals surface area contributed by atoms with Crippen molar-refractivity contribution in [3.63, 3.8) is 0 Å². The number of hydrogen-bond acceptors (Lipinski definition) is 3. The van der Waals surface area contributed by atoms with Crippen molar-refractivity contribution in [2.75, 3.05) is 7.11 Å².